The van der Waals surface area contributed by atoms with Crippen molar-refractivity contribution in [2.45, 2.75) is 25.7 Å². The van der Waals surface area contributed by atoms with Crippen molar-refractivity contribution in [3.63, 3.8) is 0 Å². The highest BCUT2D eigenvalue weighted by Crippen LogP contribution is 2.38. The molecule has 1 aliphatic heterocycles. The van der Waals surface area contributed by atoms with E-state index in [1.807, 2.05) is 30.3 Å². The Hall–Kier alpha value is -3.26. The largest absolute Gasteiger partial charge is 0.279 e. The number of allylic oxidation sites excluding steroid dienone is 7. The van der Waals surface area contributed by atoms with E-state index in [9.17, 15) is 0 Å². The highest BCUT2D eigenvalue weighted by atomic mass is 14.8. The standard InChI is InChI=1S/C18H16.C9H8N2/c1-3-7-15-13(5-1)9-11-18-16-8-4-2-6-14(16)10-12-17(15)18;1-2-5-9-8(4-1)10-6-3-7-11-9/h1-2,5-7,9-10,12H,3-4,8,11H2;1-6H,7H2. The Kier molecular flexibility index (Phi) is 4.92. The van der Waals surface area contributed by atoms with Crippen molar-refractivity contribution in [1.82, 2.24) is 0 Å². The van der Waals surface area contributed by atoms with Crippen LogP contribution in [0.1, 0.15) is 35.1 Å². The molecule has 2 heteroatoms. The molecule has 3 aliphatic carbocycles. The lowest BCUT2D eigenvalue weighted by Gasteiger charge is -2.25. The number of hydrogen-bond acceptors (Lipinski definition) is 2. The summed E-state index contributed by atoms with van der Waals surface area (Å²) in [6.07, 6.45) is 22.2. The van der Waals surface area contributed by atoms with Crippen molar-refractivity contribution in [2.75, 3.05) is 6.54 Å². The first-order chi connectivity index (χ1) is 14.4. The Labute approximate surface area is 171 Å². The summed E-state index contributed by atoms with van der Waals surface area (Å²) in [7, 11) is 0. The second-order valence-electron chi connectivity index (χ2n) is 7.56. The number of hydrogen-bond donors (Lipinski definition) is 0. The monoisotopic (exact) mass is 376 g/mol. The Morgan fingerprint density at radius 1 is 0.793 bits per heavy atom. The fourth-order valence-corrected chi connectivity index (χ4v) is 4.37. The van der Waals surface area contributed by atoms with Gasteiger partial charge in [-0.2, -0.15) is 0 Å². The summed E-state index contributed by atoms with van der Waals surface area (Å²) in [6.45, 7) is 0.737. The van der Waals surface area contributed by atoms with Gasteiger partial charge in [-0.3, -0.25) is 9.98 Å². The van der Waals surface area contributed by atoms with E-state index in [2.05, 4.69) is 58.6 Å². The van der Waals surface area contributed by atoms with Gasteiger partial charge in [-0.05, 0) is 77.3 Å². The number of rotatable bonds is 0. The van der Waals surface area contributed by atoms with Crippen LogP contribution in [0.25, 0.3) is 11.6 Å². The molecule has 0 radical (unpaired) electrons. The average molecular weight is 377 g/mol. The van der Waals surface area contributed by atoms with Crippen molar-refractivity contribution >= 4 is 11.6 Å². The van der Waals surface area contributed by atoms with Gasteiger partial charge in [0.05, 0.1) is 17.3 Å². The van der Waals surface area contributed by atoms with Gasteiger partial charge in [-0.25, -0.2) is 0 Å². The van der Waals surface area contributed by atoms with E-state index in [0.29, 0.717) is 0 Å². The van der Waals surface area contributed by atoms with Gasteiger partial charge >= 0.3 is 0 Å². The SMILES string of the molecule is C1=CC2=CCc3c(ccc4c3CCC=C4)C2=CC1.C1=CN=c2ccccc2=NC1. The van der Waals surface area contributed by atoms with Gasteiger partial charge in [0.2, 0.25) is 0 Å². The third-order valence-corrected chi connectivity index (χ3v) is 5.78. The topological polar surface area (TPSA) is 24.7 Å². The predicted molar refractivity (Wildman–Crippen MR) is 120 cm³/mol. The zero-order valence-corrected chi connectivity index (χ0v) is 16.5. The van der Waals surface area contributed by atoms with Gasteiger partial charge in [0.15, 0.2) is 0 Å². The summed E-state index contributed by atoms with van der Waals surface area (Å²) in [5.41, 5.74) is 8.94. The Morgan fingerprint density at radius 3 is 2.69 bits per heavy atom. The van der Waals surface area contributed by atoms with Crippen molar-refractivity contribution in [3.05, 3.63) is 118 Å². The maximum atomic E-state index is 4.31. The molecule has 6 rings (SSSR count). The molecule has 0 aromatic heterocycles. The maximum Gasteiger partial charge on any atom is 0.0881 e. The van der Waals surface area contributed by atoms with Crippen LogP contribution in [0.5, 0.6) is 0 Å². The van der Waals surface area contributed by atoms with E-state index in [1.54, 1.807) is 17.3 Å². The van der Waals surface area contributed by atoms with Crippen LogP contribution in [0.3, 0.4) is 0 Å². The molecule has 29 heavy (non-hydrogen) atoms. The first-order valence-electron chi connectivity index (χ1n) is 10.4. The van der Waals surface area contributed by atoms with E-state index in [0.717, 1.165) is 30.1 Å². The molecular weight excluding hydrogens is 352 g/mol. The Bertz CT molecular complexity index is 1220. The molecule has 0 bridgehead atoms. The smallest absolute Gasteiger partial charge is 0.0881 e. The molecule has 4 aliphatic rings. The van der Waals surface area contributed by atoms with Gasteiger partial charge in [-0.15, -0.1) is 0 Å². The Balaban J connectivity index is 0.000000142. The first-order valence-corrected chi connectivity index (χ1v) is 10.4. The summed E-state index contributed by atoms with van der Waals surface area (Å²) >= 11 is 0. The molecule has 2 aromatic carbocycles. The fourth-order valence-electron chi connectivity index (χ4n) is 4.37. The lowest BCUT2D eigenvalue weighted by Crippen LogP contribution is -2.23. The molecule has 142 valence electrons. The summed E-state index contributed by atoms with van der Waals surface area (Å²) in [5.74, 6) is 0. The van der Waals surface area contributed by atoms with Gasteiger partial charge < -0.3 is 0 Å². The Morgan fingerprint density at radius 2 is 1.72 bits per heavy atom. The maximum absolute atomic E-state index is 4.31. The van der Waals surface area contributed by atoms with Gasteiger partial charge in [0.25, 0.3) is 0 Å². The molecule has 1 heterocycles. The molecule has 0 spiro atoms. The zero-order chi connectivity index (χ0) is 19.5. The van der Waals surface area contributed by atoms with Crippen molar-refractivity contribution < 1.29 is 0 Å². The summed E-state index contributed by atoms with van der Waals surface area (Å²) in [4.78, 5) is 8.52. The van der Waals surface area contributed by atoms with Crippen LogP contribution < -0.4 is 10.7 Å². The molecule has 0 saturated carbocycles. The molecular formula is C27H24N2. The number of nitrogens with zero attached hydrogens (tertiary/aromatic N) is 2. The summed E-state index contributed by atoms with van der Waals surface area (Å²) < 4.78 is 0. The number of benzene rings is 2. The van der Waals surface area contributed by atoms with Crippen LogP contribution >= 0.6 is 0 Å². The molecule has 2 nitrogen and oxygen atoms in total. The number of para-hydroxylation sites is 2. The normalized spacial score (nSPS) is 17.5. The number of fused-ring (bicyclic) bond motifs is 6. The molecule has 0 N–H and O–H groups in total. The van der Waals surface area contributed by atoms with Crippen LogP contribution in [0.15, 0.2) is 94.6 Å². The second-order valence-corrected chi connectivity index (χ2v) is 7.56. The molecule has 0 fully saturated rings. The van der Waals surface area contributed by atoms with Crippen molar-refractivity contribution in [2.24, 2.45) is 9.98 Å². The molecule has 0 saturated heterocycles. The van der Waals surface area contributed by atoms with E-state index in [1.165, 1.54) is 35.1 Å². The molecule has 2 aromatic rings. The van der Waals surface area contributed by atoms with E-state index < -0.39 is 0 Å². The van der Waals surface area contributed by atoms with Crippen LogP contribution in [0.2, 0.25) is 0 Å². The lowest BCUT2D eigenvalue weighted by molar-refractivity contribution is 0.953. The van der Waals surface area contributed by atoms with E-state index in [4.69, 9.17) is 0 Å². The predicted octanol–water partition coefficient (Wildman–Crippen LogP) is 4.92. The second kappa shape index (κ2) is 8.00. The fraction of sp³-hybridized carbons (Fsp3) is 0.185. The minimum absolute atomic E-state index is 0.737. The van der Waals surface area contributed by atoms with Crippen LogP contribution in [0, 0.1) is 0 Å². The average Bonchev–Trinajstić information content (AvgIpc) is 3.05. The van der Waals surface area contributed by atoms with E-state index in [-0.39, 0.29) is 0 Å². The van der Waals surface area contributed by atoms with Crippen LogP contribution in [0.4, 0.5) is 0 Å². The zero-order valence-electron chi connectivity index (χ0n) is 16.5. The van der Waals surface area contributed by atoms with Gasteiger partial charge in [0, 0.05) is 6.20 Å². The lowest BCUT2D eigenvalue weighted by atomic mass is 9.79. The minimum atomic E-state index is 0.737. The van der Waals surface area contributed by atoms with Crippen LogP contribution in [-0.2, 0) is 12.8 Å². The molecule has 0 unspecified atom stereocenters. The van der Waals surface area contributed by atoms with Gasteiger partial charge in [-0.1, -0.05) is 60.7 Å². The van der Waals surface area contributed by atoms with Crippen molar-refractivity contribution in [1.29, 1.82) is 0 Å². The van der Waals surface area contributed by atoms with Gasteiger partial charge in [0.1, 0.15) is 0 Å². The summed E-state index contributed by atoms with van der Waals surface area (Å²) in [5, 5.41) is 1.94. The van der Waals surface area contributed by atoms with Crippen molar-refractivity contribution in [3.8, 4) is 0 Å². The molecule has 0 amide bonds. The minimum Gasteiger partial charge on any atom is -0.279 e. The molecule has 0 atom stereocenters. The summed E-state index contributed by atoms with van der Waals surface area (Å²) in [6, 6.07) is 12.5. The highest BCUT2D eigenvalue weighted by Gasteiger charge is 2.21. The van der Waals surface area contributed by atoms with Crippen LogP contribution in [-0.4, -0.2) is 6.54 Å². The first kappa shape index (κ1) is 17.8. The quantitative estimate of drug-likeness (QED) is 0.623. The third kappa shape index (κ3) is 3.58. The third-order valence-electron chi connectivity index (χ3n) is 5.78. The van der Waals surface area contributed by atoms with E-state index >= 15 is 0 Å². The highest BCUT2D eigenvalue weighted by molar-refractivity contribution is 5.87.